The summed E-state index contributed by atoms with van der Waals surface area (Å²) in [6.45, 7) is 3.94. The van der Waals surface area contributed by atoms with Gasteiger partial charge in [-0.25, -0.2) is 4.79 Å². The quantitative estimate of drug-likeness (QED) is 0.722. The molecule has 1 fully saturated rings. The van der Waals surface area contributed by atoms with Gasteiger partial charge in [0.1, 0.15) is 17.5 Å². The maximum atomic E-state index is 12.6. The van der Waals surface area contributed by atoms with Crippen LogP contribution in [0.5, 0.6) is 11.5 Å². The van der Waals surface area contributed by atoms with Crippen molar-refractivity contribution in [3.8, 4) is 11.5 Å². The lowest BCUT2D eigenvalue weighted by Gasteiger charge is -2.44. The lowest BCUT2D eigenvalue weighted by Crippen LogP contribution is -2.56. The molecular formula is C15H19NO5. The van der Waals surface area contributed by atoms with Gasteiger partial charge >= 0.3 is 5.97 Å². The second-order valence-corrected chi connectivity index (χ2v) is 6.03. The molecule has 0 spiro atoms. The van der Waals surface area contributed by atoms with Gasteiger partial charge in [-0.15, -0.1) is 0 Å². The van der Waals surface area contributed by atoms with Crippen molar-refractivity contribution in [3.05, 3.63) is 23.8 Å². The van der Waals surface area contributed by atoms with Crippen LogP contribution in [-0.2, 0) is 4.79 Å². The third kappa shape index (κ3) is 2.79. The van der Waals surface area contributed by atoms with Gasteiger partial charge in [0.15, 0.2) is 0 Å². The molecular weight excluding hydrogens is 274 g/mol. The van der Waals surface area contributed by atoms with E-state index in [1.165, 1.54) is 17.0 Å². The Morgan fingerprint density at radius 1 is 1.29 bits per heavy atom. The molecule has 2 rings (SSSR count). The maximum Gasteiger partial charge on any atom is 0.326 e. The summed E-state index contributed by atoms with van der Waals surface area (Å²) in [6, 6.07) is 2.67. The molecule has 3 N–H and O–H groups in total. The summed E-state index contributed by atoms with van der Waals surface area (Å²) in [5.74, 6) is -2.07. The number of aliphatic carboxylic acids is 1. The minimum atomic E-state index is -1.06. The smallest absolute Gasteiger partial charge is 0.326 e. The van der Waals surface area contributed by atoms with Gasteiger partial charge in [-0.1, -0.05) is 13.8 Å². The van der Waals surface area contributed by atoms with E-state index in [1.54, 1.807) is 0 Å². The standard InChI is InChI=1S/C15H19NO5/c1-15(2)6-3-7-16(12(15)14(20)21)13(19)10-8-9(17)4-5-11(10)18/h4-5,8,12,17-18H,3,6-7H2,1-2H3,(H,20,21). The van der Waals surface area contributed by atoms with Gasteiger partial charge in [0, 0.05) is 6.54 Å². The van der Waals surface area contributed by atoms with Gasteiger partial charge in [-0.05, 0) is 36.5 Å². The van der Waals surface area contributed by atoms with Crippen molar-refractivity contribution in [1.29, 1.82) is 0 Å². The Labute approximate surface area is 122 Å². The predicted molar refractivity (Wildman–Crippen MR) is 75.2 cm³/mol. The number of nitrogens with zero attached hydrogens (tertiary/aromatic N) is 1. The highest BCUT2D eigenvalue weighted by atomic mass is 16.4. The topological polar surface area (TPSA) is 98.1 Å². The van der Waals surface area contributed by atoms with E-state index >= 15 is 0 Å². The van der Waals surface area contributed by atoms with E-state index in [2.05, 4.69) is 0 Å². The molecule has 1 heterocycles. The average molecular weight is 293 g/mol. The molecule has 0 saturated carbocycles. The first-order chi connectivity index (χ1) is 9.74. The Balaban J connectivity index is 2.41. The van der Waals surface area contributed by atoms with Crippen LogP contribution in [0.1, 0.15) is 37.0 Å². The zero-order valence-corrected chi connectivity index (χ0v) is 12.0. The van der Waals surface area contributed by atoms with E-state index in [9.17, 15) is 24.9 Å². The number of rotatable bonds is 2. The number of hydrogen-bond donors (Lipinski definition) is 3. The number of benzene rings is 1. The first-order valence-electron chi connectivity index (χ1n) is 6.80. The number of carbonyl (C=O) groups is 2. The Hall–Kier alpha value is -2.24. The minimum Gasteiger partial charge on any atom is -0.508 e. The number of aromatic hydroxyl groups is 2. The SMILES string of the molecule is CC1(C)CCCN(C(=O)c2cc(O)ccc2O)C1C(=O)O. The molecule has 1 atom stereocenters. The van der Waals surface area contributed by atoms with Crippen LogP contribution in [0.15, 0.2) is 18.2 Å². The van der Waals surface area contributed by atoms with E-state index in [0.717, 1.165) is 6.07 Å². The Morgan fingerprint density at radius 2 is 1.95 bits per heavy atom. The number of phenolic OH excluding ortho intramolecular Hbond substituents is 2. The van der Waals surface area contributed by atoms with E-state index in [-0.39, 0.29) is 17.1 Å². The van der Waals surface area contributed by atoms with Crippen molar-refractivity contribution in [2.45, 2.75) is 32.7 Å². The Morgan fingerprint density at radius 3 is 2.57 bits per heavy atom. The molecule has 1 aliphatic heterocycles. The van der Waals surface area contributed by atoms with Crippen molar-refractivity contribution >= 4 is 11.9 Å². The molecule has 0 radical (unpaired) electrons. The number of carbonyl (C=O) groups excluding carboxylic acids is 1. The summed E-state index contributed by atoms with van der Waals surface area (Å²) in [5, 5.41) is 28.7. The molecule has 114 valence electrons. The largest absolute Gasteiger partial charge is 0.508 e. The fraction of sp³-hybridized carbons (Fsp3) is 0.467. The average Bonchev–Trinajstić information content (AvgIpc) is 2.38. The molecule has 0 bridgehead atoms. The lowest BCUT2D eigenvalue weighted by molar-refractivity contribution is -0.148. The highest BCUT2D eigenvalue weighted by Crippen LogP contribution is 2.37. The first-order valence-corrected chi connectivity index (χ1v) is 6.80. The van der Waals surface area contributed by atoms with E-state index in [1.807, 2.05) is 13.8 Å². The minimum absolute atomic E-state index is 0.0843. The van der Waals surface area contributed by atoms with E-state index in [4.69, 9.17) is 0 Å². The molecule has 21 heavy (non-hydrogen) atoms. The van der Waals surface area contributed by atoms with Crippen LogP contribution in [0, 0.1) is 5.41 Å². The summed E-state index contributed by atoms with van der Waals surface area (Å²) < 4.78 is 0. The maximum absolute atomic E-state index is 12.6. The second kappa shape index (κ2) is 5.27. The van der Waals surface area contributed by atoms with Crippen LogP contribution in [0.3, 0.4) is 0 Å². The van der Waals surface area contributed by atoms with Gasteiger partial charge in [0.05, 0.1) is 5.56 Å². The van der Waals surface area contributed by atoms with Crippen LogP contribution in [0.4, 0.5) is 0 Å². The molecule has 1 aliphatic rings. The Bertz CT molecular complexity index is 581. The highest BCUT2D eigenvalue weighted by molar-refractivity contribution is 5.99. The monoisotopic (exact) mass is 293 g/mol. The van der Waals surface area contributed by atoms with Gasteiger partial charge in [0.25, 0.3) is 5.91 Å². The van der Waals surface area contributed by atoms with Crippen LogP contribution in [0.2, 0.25) is 0 Å². The van der Waals surface area contributed by atoms with Gasteiger partial charge in [0.2, 0.25) is 0 Å². The van der Waals surface area contributed by atoms with Gasteiger partial charge < -0.3 is 20.2 Å². The molecule has 1 unspecified atom stereocenters. The van der Waals surface area contributed by atoms with E-state index < -0.39 is 23.3 Å². The number of carboxylic acids is 1. The van der Waals surface area contributed by atoms with Crippen molar-refractivity contribution in [3.63, 3.8) is 0 Å². The third-order valence-corrected chi connectivity index (χ3v) is 3.98. The summed E-state index contributed by atoms with van der Waals surface area (Å²) in [5.41, 5.74) is -0.634. The van der Waals surface area contributed by atoms with E-state index in [0.29, 0.717) is 19.4 Å². The van der Waals surface area contributed by atoms with Gasteiger partial charge in [-0.3, -0.25) is 4.79 Å². The number of hydrogen-bond acceptors (Lipinski definition) is 4. The van der Waals surface area contributed by atoms with Crippen LogP contribution in [-0.4, -0.2) is 44.7 Å². The predicted octanol–water partition coefficient (Wildman–Crippen LogP) is 1.81. The fourth-order valence-electron chi connectivity index (χ4n) is 2.93. The van der Waals surface area contributed by atoms with Gasteiger partial charge in [-0.2, -0.15) is 0 Å². The highest BCUT2D eigenvalue weighted by Gasteiger charge is 2.45. The van der Waals surface area contributed by atoms with Crippen LogP contribution >= 0.6 is 0 Å². The first kappa shape index (κ1) is 15.2. The molecule has 0 aromatic heterocycles. The number of amides is 1. The third-order valence-electron chi connectivity index (χ3n) is 3.98. The number of piperidine rings is 1. The lowest BCUT2D eigenvalue weighted by atomic mass is 9.76. The number of likely N-dealkylation sites (tertiary alicyclic amines) is 1. The molecule has 1 aromatic rings. The summed E-state index contributed by atoms with van der Waals surface area (Å²) in [4.78, 5) is 25.4. The number of phenols is 2. The summed E-state index contributed by atoms with van der Waals surface area (Å²) >= 11 is 0. The zero-order chi connectivity index (χ0) is 15.8. The van der Waals surface area contributed by atoms with Crippen LogP contribution in [0.25, 0.3) is 0 Å². The summed E-state index contributed by atoms with van der Waals surface area (Å²) in [6.07, 6.45) is 1.40. The zero-order valence-electron chi connectivity index (χ0n) is 12.0. The van der Waals surface area contributed by atoms with Crippen LogP contribution < -0.4 is 0 Å². The van der Waals surface area contributed by atoms with Crippen molar-refractivity contribution in [2.75, 3.05) is 6.54 Å². The molecule has 1 amide bonds. The fourth-order valence-corrected chi connectivity index (χ4v) is 2.93. The summed E-state index contributed by atoms with van der Waals surface area (Å²) in [7, 11) is 0. The molecule has 6 heteroatoms. The van der Waals surface area contributed by atoms with Crippen molar-refractivity contribution in [2.24, 2.45) is 5.41 Å². The number of carboxylic acid groups (broad SMARTS) is 1. The molecule has 6 nitrogen and oxygen atoms in total. The second-order valence-electron chi connectivity index (χ2n) is 6.03. The normalized spacial score (nSPS) is 21.0. The Kier molecular flexibility index (Phi) is 3.80. The van der Waals surface area contributed by atoms with Crippen molar-refractivity contribution < 1.29 is 24.9 Å². The molecule has 0 aliphatic carbocycles. The molecule has 1 saturated heterocycles. The molecule has 1 aromatic carbocycles. The van der Waals surface area contributed by atoms with Crippen molar-refractivity contribution in [1.82, 2.24) is 4.90 Å².